The summed E-state index contributed by atoms with van der Waals surface area (Å²) in [5, 5.41) is 12.0. The van der Waals surface area contributed by atoms with E-state index < -0.39 is 5.82 Å². The molecule has 0 atom stereocenters. The van der Waals surface area contributed by atoms with Crippen molar-refractivity contribution in [2.45, 2.75) is 32.7 Å². The smallest absolute Gasteiger partial charge is 0.173 e. The van der Waals surface area contributed by atoms with E-state index in [0.717, 1.165) is 0 Å². The van der Waals surface area contributed by atoms with Crippen LogP contribution in [0.4, 0.5) is 10.1 Å². The number of aliphatic hydroxyl groups excluding tert-OH is 1. The number of benzene rings is 1. The first kappa shape index (κ1) is 15.1. The highest BCUT2D eigenvalue weighted by Gasteiger charge is 2.15. The molecule has 102 valence electrons. The Kier molecular flexibility index (Phi) is 5.23. The summed E-state index contributed by atoms with van der Waals surface area (Å²) in [4.78, 5) is 0. The maximum atomic E-state index is 13.8. The highest BCUT2D eigenvalue weighted by Crippen LogP contribution is 2.32. The van der Waals surface area contributed by atoms with Crippen LogP contribution in [0.3, 0.4) is 0 Å². The highest BCUT2D eigenvalue weighted by molar-refractivity contribution is 6.32. The van der Waals surface area contributed by atoms with E-state index in [4.69, 9.17) is 21.4 Å². The van der Waals surface area contributed by atoms with Gasteiger partial charge in [-0.15, -0.1) is 0 Å². The van der Waals surface area contributed by atoms with Crippen molar-refractivity contribution in [3.8, 4) is 5.75 Å². The van der Waals surface area contributed by atoms with Crippen LogP contribution in [-0.2, 0) is 0 Å². The Bertz CT molecular complexity index is 381. The third-order valence-electron chi connectivity index (χ3n) is 2.07. The molecule has 0 radical (unpaired) electrons. The molecular formula is C13H19ClFNO2. The molecule has 0 fully saturated rings. The molecule has 2 N–H and O–H groups in total. The molecule has 3 nitrogen and oxygen atoms in total. The number of hydrogen-bond acceptors (Lipinski definition) is 3. The van der Waals surface area contributed by atoms with Crippen LogP contribution < -0.4 is 10.1 Å². The largest absolute Gasteiger partial charge is 0.489 e. The Morgan fingerprint density at radius 1 is 1.39 bits per heavy atom. The van der Waals surface area contributed by atoms with Crippen LogP contribution in [0.25, 0.3) is 0 Å². The first-order chi connectivity index (χ1) is 8.33. The summed E-state index contributed by atoms with van der Waals surface area (Å²) in [6.45, 7) is 6.17. The average molecular weight is 276 g/mol. The molecule has 0 unspecified atom stereocenters. The van der Waals surface area contributed by atoms with Gasteiger partial charge < -0.3 is 15.2 Å². The second-order valence-corrected chi connectivity index (χ2v) is 5.48. The van der Waals surface area contributed by atoms with E-state index in [1.165, 1.54) is 6.07 Å². The summed E-state index contributed by atoms with van der Waals surface area (Å²) in [5.41, 5.74) is 0.439. The lowest BCUT2D eigenvalue weighted by molar-refractivity contribution is 0.228. The van der Waals surface area contributed by atoms with Gasteiger partial charge in [-0.3, -0.25) is 0 Å². The van der Waals surface area contributed by atoms with Gasteiger partial charge in [-0.25, -0.2) is 4.39 Å². The maximum Gasteiger partial charge on any atom is 0.173 e. The molecule has 1 aromatic rings. The van der Waals surface area contributed by atoms with Crippen molar-refractivity contribution in [3.63, 3.8) is 0 Å². The second kappa shape index (κ2) is 6.25. The summed E-state index contributed by atoms with van der Waals surface area (Å²) < 4.78 is 19.0. The lowest BCUT2D eigenvalue weighted by Gasteiger charge is -2.22. The fraction of sp³-hybridized carbons (Fsp3) is 0.538. The van der Waals surface area contributed by atoms with E-state index in [1.807, 2.05) is 20.8 Å². The zero-order chi connectivity index (χ0) is 13.8. The van der Waals surface area contributed by atoms with E-state index in [1.54, 1.807) is 6.07 Å². The molecule has 0 saturated heterocycles. The van der Waals surface area contributed by atoms with E-state index in [9.17, 15) is 4.39 Å². The molecule has 0 heterocycles. The zero-order valence-electron chi connectivity index (χ0n) is 10.9. The van der Waals surface area contributed by atoms with E-state index in [-0.39, 0.29) is 29.5 Å². The third-order valence-corrected chi connectivity index (χ3v) is 2.35. The van der Waals surface area contributed by atoms with Crippen molar-refractivity contribution in [2.24, 2.45) is 0 Å². The van der Waals surface area contributed by atoms with Gasteiger partial charge in [0.05, 0.1) is 11.6 Å². The molecular weight excluding hydrogens is 257 g/mol. The predicted molar refractivity (Wildman–Crippen MR) is 72.0 cm³/mol. The van der Waals surface area contributed by atoms with Crippen molar-refractivity contribution in [1.29, 1.82) is 0 Å². The van der Waals surface area contributed by atoms with Gasteiger partial charge in [-0.2, -0.15) is 0 Å². The number of hydrogen-bond donors (Lipinski definition) is 2. The molecule has 0 aromatic heterocycles. The number of rotatable bonds is 5. The maximum absolute atomic E-state index is 13.8. The van der Waals surface area contributed by atoms with Crippen LogP contribution in [0, 0.1) is 5.82 Å². The Morgan fingerprint density at radius 3 is 2.56 bits per heavy atom. The van der Waals surface area contributed by atoms with Gasteiger partial charge in [0.2, 0.25) is 0 Å². The topological polar surface area (TPSA) is 41.5 Å². The number of ether oxygens (including phenoxy) is 1. The van der Waals surface area contributed by atoms with Gasteiger partial charge in [0.25, 0.3) is 0 Å². The van der Waals surface area contributed by atoms with Crippen molar-refractivity contribution in [1.82, 2.24) is 0 Å². The predicted octanol–water partition coefficient (Wildman–Crippen LogP) is 3.45. The SMILES string of the molecule is CC(C)(C)Nc1cc(F)c(OCCCO)c(Cl)c1. The van der Waals surface area contributed by atoms with E-state index in [0.29, 0.717) is 12.1 Å². The molecule has 0 bridgehead atoms. The first-order valence-electron chi connectivity index (χ1n) is 5.84. The Morgan fingerprint density at radius 2 is 2.06 bits per heavy atom. The average Bonchev–Trinajstić information content (AvgIpc) is 2.19. The molecule has 1 rings (SSSR count). The van der Waals surface area contributed by atoms with Crippen LogP contribution in [0.1, 0.15) is 27.2 Å². The summed E-state index contributed by atoms with van der Waals surface area (Å²) in [6.07, 6.45) is 0.442. The highest BCUT2D eigenvalue weighted by atomic mass is 35.5. The van der Waals surface area contributed by atoms with Crippen molar-refractivity contribution in [2.75, 3.05) is 18.5 Å². The van der Waals surface area contributed by atoms with Crippen LogP contribution in [0.5, 0.6) is 5.75 Å². The van der Waals surface area contributed by atoms with Gasteiger partial charge in [0.1, 0.15) is 0 Å². The van der Waals surface area contributed by atoms with Crippen LogP contribution in [0.2, 0.25) is 5.02 Å². The van der Waals surface area contributed by atoms with Crippen LogP contribution in [-0.4, -0.2) is 23.9 Å². The molecule has 0 saturated carbocycles. The number of halogens is 2. The number of nitrogens with one attached hydrogen (secondary N) is 1. The minimum atomic E-state index is -0.507. The summed E-state index contributed by atoms with van der Waals surface area (Å²) in [5.74, 6) is -0.475. The van der Waals surface area contributed by atoms with Crippen molar-refractivity contribution in [3.05, 3.63) is 23.0 Å². The summed E-state index contributed by atoms with van der Waals surface area (Å²) in [6, 6.07) is 2.98. The Labute approximate surface area is 112 Å². The molecule has 0 spiro atoms. The van der Waals surface area contributed by atoms with Gasteiger partial charge in [0, 0.05) is 30.3 Å². The monoisotopic (exact) mass is 275 g/mol. The molecule has 5 heteroatoms. The van der Waals surface area contributed by atoms with Crippen LogP contribution >= 0.6 is 11.6 Å². The lowest BCUT2D eigenvalue weighted by Crippen LogP contribution is -2.26. The molecule has 18 heavy (non-hydrogen) atoms. The third kappa shape index (κ3) is 4.70. The Hall–Kier alpha value is -1.00. The normalized spacial score (nSPS) is 11.4. The molecule has 0 amide bonds. The molecule has 0 aliphatic carbocycles. The fourth-order valence-electron chi connectivity index (χ4n) is 1.44. The van der Waals surface area contributed by atoms with Gasteiger partial charge in [-0.1, -0.05) is 11.6 Å². The number of aliphatic hydroxyl groups is 1. The van der Waals surface area contributed by atoms with Gasteiger partial charge >= 0.3 is 0 Å². The molecule has 0 aliphatic heterocycles. The van der Waals surface area contributed by atoms with E-state index in [2.05, 4.69) is 5.32 Å². The summed E-state index contributed by atoms with van der Waals surface area (Å²) >= 11 is 5.97. The fourth-order valence-corrected chi connectivity index (χ4v) is 1.70. The minimum absolute atomic E-state index is 0.00288. The van der Waals surface area contributed by atoms with Gasteiger partial charge in [0.15, 0.2) is 11.6 Å². The Balaban J connectivity index is 2.84. The first-order valence-corrected chi connectivity index (χ1v) is 6.22. The van der Waals surface area contributed by atoms with Crippen molar-refractivity contribution < 1.29 is 14.2 Å². The van der Waals surface area contributed by atoms with Gasteiger partial charge in [-0.05, 0) is 26.8 Å². The number of anilines is 1. The molecule has 0 aliphatic rings. The summed E-state index contributed by atoms with van der Waals surface area (Å²) in [7, 11) is 0. The van der Waals surface area contributed by atoms with E-state index >= 15 is 0 Å². The van der Waals surface area contributed by atoms with Crippen LogP contribution in [0.15, 0.2) is 12.1 Å². The molecule has 1 aromatic carbocycles. The zero-order valence-corrected chi connectivity index (χ0v) is 11.6. The lowest BCUT2D eigenvalue weighted by atomic mass is 10.1. The standard InChI is InChI=1S/C13H19ClFNO2/c1-13(2,3)16-9-7-10(14)12(11(15)8-9)18-6-4-5-17/h7-8,16-17H,4-6H2,1-3H3. The second-order valence-electron chi connectivity index (χ2n) is 5.07. The quantitative estimate of drug-likeness (QED) is 0.809. The minimum Gasteiger partial charge on any atom is -0.489 e. The van der Waals surface area contributed by atoms with Crippen molar-refractivity contribution >= 4 is 17.3 Å².